The largest absolute Gasteiger partial charge is 0.480 e. The van der Waals surface area contributed by atoms with Crippen molar-refractivity contribution in [2.75, 3.05) is 0 Å². The summed E-state index contributed by atoms with van der Waals surface area (Å²) in [7, 11) is 0. The van der Waals surface area contributed by atoms with Crippen LogP contribution in [0.4, 0.5) is 0 Å². The van der Waals surface area contributed by atoms with Crippen LogP contribution in [0.15, 0.2) is 12.4 Å². The van der Waals surface area contributed by atoms with E-state index in [1.807, 2.05) is 0 Å². The first-order chi connectivity index (χ1) is 6.52. The van der Waals surface area contributed by atoms with Gasteiger partial charge in [0, 0.05) is 12.4 Å². The molecule has 0 unspecified atom stereocenters. The molecule has 1 atom stereocenters. The number of H-pyrrole nitrogens is 1. The number of aliphatic carboxylic acids is 1. The predicted molar refractivity (Wildman–Crippen MR) is 50.1 cm³/mol. The highest BCUT2D eigenvalue weighted by Gasteiger charge is 2.16. The number of carboxylic acid groups (broad SMARTS) is 1. The van der Waals surface area contributed by atoms with Crippen LogP contribution in [0.3, 0.4) is 0 Å². The van der Waals surface area contributed by atoms with Gasteiger partial charge >= 0.3 is 5.97 Å². The van der Waals surface area contributed by atoms with Crippen molar-refractivity contribution in [2.45, 2.75) is 19.9 Å². The lowest BCUT2D eigenvalue weighted by Gasteiger charge is -2.08. The van der Waals surface area contributed by atoms with E-state index >= 15 is 0 Å². The van der Waals surface area contributed by atoms with Gasteiger partial charge in [-0.05, 0) is 19.4 Å². The summed E-state index contributed by atoms with van der Waals surface area (Å²) in [4.78, 5) is 24.7. The molecule has 0 spiro atoms. The van der Waals surface area contributed by atoms with Crippen molar-refractivity contribution in [1.82, 2.24) is 10.3 Å². The summed E-state index contributed by atoms with van der Waals surface area (Å²) < 4.78 is 0. The second-order valence-electron chi connectivity index (χ2n) is 3.09. The minimum atomic E-state index is -1.05. The molecule has 0 saturated heterocycles. The number of aromatic amines is 1. The normalized spacial score (nSPS) is 12.1. The zero-order valence-electron chi connectivity index (χ0n) is 8.00. The van der Waals surface area contributed by atoms with Crippen LogP contribution in [0.2, 0.25) is 0 Å². The quantitative estimate of drug-likeness (QED) is 0.659. The Kier molecular flexibility index (Phi) is 2.91. The minimum Gasteiger partial charge on any atom is -0.480 e. The van der Waals surface area contributed by atoms with Crippen LogP contribution >= 0.6 is 0 Å². The van der Waals surface area contributed by atoms with Crippen LogP contribution in [0.5, 0.6) is 0 Å². The van der Waals surface area contributed by atoms with E-state index in [1.165, 1.54) is 6.92 Å². The summed E-state index contributed by atoms with van der Waals surface area (Å²) in [5.41, 5.74) is 1.26. The molecule has 1 rings (SSSR count). The van der Waals surface area contributed by atoms with Crippen molar-refractivity contribution in [3.8, 4) is 0 Å². The SMILES string of the molecule is Cc1c[nH]cc1C(=O)N[C@@H](C)C(=O)O. The van der Waals surface area contributed by atoms with Gasteiger partial charge in [0.1, 0.15) is 6.04 Å². The van der Waals surface area contributed by atoms with Crippen molar-refractivity contribution in [2.24, 2.45) is 0 Å². The van der Waals surface area contributed by atoms with Crippen molar-refractivity contribution in [3.05, 3.63) is 23.5 Å². The van der Waals surface area contributed by atoms with Gasteiger partial charge < -0.3 is 15.4 Å². The molecule has 3 N–H and O–H groups in total. The lowest BCUT2D eigenvalue weighted by atomic mass is 10.2. The number of carbonyl (C=O) groups excluding carboxylic acids is 1. The molecule has 0 aliphatic rings. The Morgan fingerprint density at radius 1 is 1.50 bits per heavy atom. The maximum Gasteiger partial charge on any atom is 0.325 e. The summed E-state index contributed by atoms with van der Waals surface area (Å²) in [5, 5.41) is 10.9. The molecular formula is C9H12N2O3. The maximum atomic E-state index is 11.4. The molecule has 1 aromatic rings. The number of aromatic nitrogens is 1. The highest BCUT2D eigenvalue weighted by Crippen LogP contribution is 2.05. The van der Waals surface area contributed by atoms with Gasteiger partial charge in [-0.1, -0.05) is 0 Å². The van der Waals surface area contributed by atoms with Crippen LogP contribution in [-0.2, 0) is 4.79 Å². The van der Waals surface area contributed by atoms with Crippen molar-refractivity contribution in [1.29, 1.82) is 0 Å². The Balaban J connectivity index is 2.69. The molecule has 1 aromatic heterocycles. The number of carbonyl (C=O) groups is 2. The lowest BCUT2D eigenvalue weighted by molar-refractivity contribution is -0.138. The van der Waals surface area contributed by atoms with Crippen LogP contribution in [0.1, 0.15) is 22.8 Å². The summed E-state index contributed by atoms with van der Waals surface area (Å²) in [5.74, 6) is -1.43. The van der Waals surface area contributed by atoms with E-state index in [2.05, 4.69) is 10.3 Å². The Morgan fingerprint density at radius 3 is 2.57 bits per heavy atom. The number of amides is 1. The Labute approximate surface area is 81.1 Å². The third-order valence-electron chi connectivity index (χ3n) is 1.92. The Bertz CT molecular complexity index is 357. The van der Waals surface area contributed by atoms with Crippen LogP contribution in [0.25, 0.3) is 0 Å². The summed E-state index contributed by atoms with van der Waals surface area (Å²) >= 11 is 0. The fourth-order valence-electron chi connectivity index (χ4n) is 1.02. The fourth-order valence-corrected chi connectivity index (χ4v) is 1.02. The second-order valence-corrected chi connectivity index (χ2v) is 3.09. The third-order valence-corrected chi connectivity index (χ3v) is 1.92. The molecule has 76 valence electrons. The fraction of sp³-hybridized carbons (Fsp3) is 0.333. The monoisotopic (exact) mass is 196 g/mol. The molecule has 1 amide bonds. The first kappa shape index (κ1) is 10.3. The summed E-state index contributed by atoms with van der Waals surface area (Å²) in [6, 6.07) is -0.878. The molecule has 14 heavy (non-hydrogen) atoms. The summed E-state index contributed by atoms with van der Waals surface area (Å²) in [6.45, 7) is 3.19. The number of rotatable bonds is 3. The molecule has 1 heterocycles. The number of hydrogen-bond acceptors (Lipinski definition) is 2. The highest BCUT2D eigenvalue weighted by atomic mass is 16.4. The van der Waals surface area contributed by atoms with Gasteiger partial charge in [0.2, 0.25) is 0 Å². The minimum absolute atomic E-state index is 0.376. The van der Waals surface area contributed by atoms with Crippen molar-refractivity contribution >= 4 is 11.9 Å². The van der Waals surface area contributed by atoms with Gasteiger partial charge in [-0.15, -0.1) is 0 Å². The van der Waals surface area contributed by atoms with E-state index in [9.17, 15) is 9.59 Å². The van der Waals surface area contributed by atoms with Crippen molar-refractivity contribution < 1.29 is 14.7 Å². The van der Waals surface area contributed by atoms with Crippen molar-refractivity contribution in [3.63, 3.8) is 0 Å². The van der Waals surface area contributed by atoms with Gasteiger partial charge in [0.15, 0.2) is 0 Å². The smallest absolute Gasteiger partial charge is 0.325 e. The number of carboxylic acids is 1. The second kappa shape index (κ2) is 3.95. The maximum absolute atomic E-state index is 11.4. The van der Waals surface area contributed by atoms with E-state index in [0.717, 1.165) is 5.56 Å². The molecule has 0 saturated carbocycles. The van der Waals surface area contributed by atoms with Crippen LogP contribution in [0, 0.1) is 6.92 Å². The third kappa shape index (κ3) is 2.12. The Morgan fingerprint density at radius 2 is 2.14 bits per heavy atom. The molecule has 0 bridgehead atoms. The average Bonchev–Trinajstić information content (AvgIpc) is 2.51. The van der Waals surface area contributed by atoms with E-state index in [0.29, 0.717) is 5.56 Å². The van der Waals surface area contributed by atoms with E-state index < -0.39 is 12.0 Å². The standard InChI is InChI=1S/C9H12N2O3/c1-5-3-10-4-7(5)8(12)11-6(2)9(13)14/h3-4,6,10H,1-2H3,(H,11,12)(H,13,14)/t6-/m0/s1. The zero-order valence-corrected chi connectivity index (χ0v) is 8.00. The molecule has 0 aliphatic carbocycles. The first-order valence-electron chi connectivity index (χ1n) is 4.19. The average molecular weight is 196 g/mol. The van der Waals surface area contributed by atoms with E-state index in [-0.39, 0.29) is 5.91 Å². The molecule has 0 fully saturated rings. The molecular weight excluding hydrogens is 184 g/mol. The summed E-state index contributed by atoms with van der Waals surface area (Å²) in [6.07, 6.45) is 3.22. The topological polar surface area (TPSA) is 82.2 Å². The van der Waals surface area contributed by atoms with Crippen LogP contribution < -0.4 is 5.32 Å². The lowest BCUT2D eigenvalue weighted by Crippen LogP contribution is -2.38. The van der Waals surface area contributed by atoms with Gasteiger partial charge in [0.05, 0.1) is 5.56 Å². The van der Waals surface area contributed by atoms with Gasteiger partial charge in [-0.3, -0.25) is 9.59 Å². The van der Waals surface area contributed by atoms with Crippen LogP contribution in [-0.4, -0.2) is 28.0 Å². The van der Waals surface area contributed by atoms with Gasteiger partial charge in [-0.25, -0.2) is 0 Å². The highest BCUT2D eigenvalue weighted by molar-refractivity contribution is 5.97. The number of hydrogen-bond donors (Lipinski definition) is 3. The Hall–Kier alpha value is -1.78. The van der Waals surface area contributed by atoms with E-state index in [4.69, 9.17) is 5.11 Å². The molecule has 0 aliphatic heterocycles. The molecule has 5 nitrogen and oxygen atoms in total. The molecule has 0 radical (unpaired) electrons. The number of nitrogens with one attached hydrogen (secondary N) is 2. The van der Waals surface area contributed by atoms with E-state index in [1.54, 1.807) is 19.3 Å². The zero-order chi connectivity index (χ0) is 10.7. The number of aryl methyl sites for hydroxylation is 1. The van der Waals surface area contributed by atoms with Gasteiger partial charge in [-0.2, -0.15) is 0 Å². The molecule has 5 heteroatoms. The predicted octanol–water partition coefficient (Wildman–Crippen LogP) is 0.526. The molecule has 0 aromatic carbocycles. The first-order valence-corrected chi connectivity index (χ1v) is 4.19. The van der Waals surface area contributed by atoms with Gasteiger partial charge in [0.25, 0.3) is 5.91 Å².